The molecule has 5 heteroatoms. The fraction of sp³-hybridized carbons (Fsp3) is 0.333. The molecule has 1 heterocycles. The second-order valence-electron chi connectivity index (χ2n) is 4.65. The predicted octanol–water partition coefficient (Wildman–Crippen LogP) is 2.73. The van der Waals surface area contributed by atoms with Gasteiger partial charge in [-0.3, -0.25) is 4.79 Å². The first-order chi connectivity index (χ1) is 9.69. The van der Waals surface area contributed by atoms with E-state index in [9.17, 15) is 4.79 Å². The molecule has 1 amide bonds. The summed E-state index contributed by atoms with van der Waals surface area (Å²) in [5, 5.41) is 9.84. The van der Waals surface area contributed by atoms with Gasteiger partial charge in [0.15, 0.2) is 5.69 Å². The van der Waals surface area contributed by atoms with Crippen molar-refractivity contribution in [2.75, 3.05) is 11.9 Å². The van der Waals surface area contributed by atoms with Crippen LogP contribution in [0, 0.1) is 6.92 Å². The van der Waals surface area contributed by atoms with Crippen LogP contribution in [0.25, 0.3) is 0 Å². The highest BCUT2D eigenvalue weighted by Crippen LogP contribution is 2.12. The highest BCUT2D eigenvalue weighted by molar-refractivity contribution is 6.02. The zero-order valence-corrected chi connectivity index (χ0v) is 11.8. The maximum Gasteiger partial charge on any atom is 0.277 e. The van der Waals surface area contributed by atoms with E-state index in [0.29, 0.717) is 5.76 Å². The van der Waals surface area contributed by atoms with Crippen LogP contribution in [0.1, 0.15) is 35.2 Å². The van der Waals surface area contributed by atoms with Crippen molar-refractivity contribution >= 4 is 11.6 Å². The predicted molar refractivity (Wildman–Crippen MR) is 77.6 cm³/mol. The van der Waals surface area contributed by atoms with Gasteiger partial charge in [-0.15, -0.1) is 0 Å². The molecule has 0 atom stereocenters. The normalized spacial score (nSPS) is 10.5. The van der Waals surface area contributed by atoms with E-state index in [-0.39, 0.29) is 11.6 Å². The Kier molecular flexibility index (Phi) is 4.90. The molecule has 2 rings (SSSR count). The Balaban J connectivity index is 1.98. The van der Waals surface area contributed by atoms with Gasteiger partial charge in [-0.1, -0.05) is 24.2 Å². The summed E-state index contributed by atoms with van der Waals surface area (Å²) < 4.78 is 4.89. The minimum Gasteiger partial charge on any atom is -0.361 e. The van der Waals surface area contributed by atoms with E-state index in [1.54, 1.807) is 13.0 Å². The lowest BCUT2D eigenvalue weighted by Gasteiger charge is -2.07. The molecule has 0 saturated carbocycles. The molecule has 0 unspecified atom stereocenters. The largest absolute Gasteiger partial charge is 0.361 e. The van der Waals surface area contributed by atoms with Crippen LogP contribution in [-0.4, -0.2) is 17.6 Å². The number of rotatable bonds is 6. The Morgan fingerprint density at radius 3 is 2.90 bits per heavy atom. The maximum atomic E-state index is 11.9. The van der Waals surface area contributed by atoms with Crippen LogP contribution in [0.15, 0.2) is 34.9 Å². The third-order valence-electron chi connectivity index (χ3n) is 2.80. The molecule has 20 heavy (non-hydrogen) atoms. The first-order valence-corrected chi connectivity index (χ1v) is 6.73. The molecule has 5 nitrogen and oxygen atoms in total. The maximum absolute atomic E-state index is 11.9. The monoisotopic (exact) mass is 273 g/mol. The highest BCUT2D eigenvalue weighted by atomic mass is 16.5. The first kappa shape index (κ1) is 14.3. The van der Waals surface area contributed by atoms with Gasteiger partial charge in [0.25, 0.3) is 5.91 Å². The lowest BCUT2D eigenvalue weighted by atomic mass is 10.2. The second kappa shape index (κ2) is 6.86. The number of nitrogens with zero attached hydrogens (tertiary/aromatic N) is 1. The van der Waals surface area contributed by atoms with Gasteiger partial charge in [0, 0.05) is 18.3 Å². The van der Waals surface area contributed by atoms with Gasteiger partial charge in [-0.05, 0) is 37.6 Å². The zero-order valence-electron chi connectivity index (χ0n) is 11.8. The summed E-state index contributed by atoms with van der Waals surface area (Å²) >= 11 is 0. The third-order valence-corrected chi connectivity index (χ3v) is 2.80. The van der Waals surface area contributed by atoms with Crippen molar-refractivity contribution in [3.05, 3.63) is 47.3 Å². The van der Waals surface area contributed by atoms with Crippen LogP contribution < -0.4 is 10.6 Å². The number of aromatic nitrogens is 1. The van der Waals surface area contributed by atoms with E-state index in [1.165, 1.54) is 0 Å². The molecule has 0 saturated heterocycles. The van der Waals surface area contributed by atoms with Crippen LogP contribution in [0.2, 0.25) is 0 Å². The average Bonchev–Trinajstić information content (AvgIpc) is 2.86. The summed E-state index contributed by atoms with van der Waals surface area (Å²) in [5.74, 6) is 0.355. The van der Waals surface area contributed by atoms with Crippen molar-refractivity contribution in [1.29, 1.82) is 0 Å². The van der Waals surface area contributed by atoms with Crippen molar-refractivity contribution < 1.29 is 9.32 Å². The summed E-state index contributed by atoms with van der Waals surface area (Å²) in [4.78, 5) is 11.9. The third kappa shape index (κ3) is 3.93. The molecule has 0 radical (unpaired) electrons. The molecule has 2 aromatic rings. The number of anilines is 1. The highest BCUT2D eigenvalue weighted by Gasteiger charge is 2.11. The van der Waals surface area contributed by atoms with Crippen LogP contribution >= 0.6 is 0 Å². The SMILES string of the molecule is CCCNCc1cccc(NC(=O)c2cc(C)on2)c1. The Morgan fingerprint density at radius 1 is 1.35 bits per heavy atom. The van der Waals surface area contributed by atoms with Crippen molar-refractivity contribution in [2.45, 2.75) is 26.8 Å². The fourth-order valence-corrected chi connectivity index (χ4v) is 1.84. The van der Waals surface area contributed by atoms with Crippen molar-refractivity contribution in [3.8, 4) is 0 Å². The molecular formula is C15H19N3O2. The summed E-state index contributed by atoms with van der Waals surface area (Å²) in [7, 11) is 0. The van der Waals surface area contributed by atoms with Crippen LogP contribution in [-0.2, 0) is 6.54 Å². The number of carbonyl (C=O) groups excluding carboxylic acids is 1. The van der Waals surface area contributed by atoms with E-state index < -0.39 is 0 Å². The molecule has 0 bridgehead atoms. The van der Waals surface area contributed by atoms with E-state index in [1.807, 2.05) is 24.3 Å². The summed E-state index contributed by atoms with van der Waals surface area (Å²) in [6.45, 7) is 5.66. The molecule has 0 fully saturated rings. The topological polar surface area (TPSA) is 67.2 Å². The molecule has 0 aliphatic carbocycles. The number of amides is 1. The van der Waals surface area contributed by atoms with Crippen LogP contribution in [0.5, 0.6) is 0 Å². The molecular weight excluding hydrogens is 254 g/mol. The standard InChI is InChI=1S/C15H19N3O2/c1-3-7-16-10-12-5-4-6-13(9-12)17-15(19)14-8-11(2)20-18-14/h4-6,8-9,16H,3,7,10H2,1-2H3,(H,17,19). The van der Waals surface area contributed by atoms with E-state index in [0.717, 1.165) is 30.8 Å². The van der Waals surface area contributed by atoms with Gasteiger partial charge in [0.05, 0.1) is 0 Å². The lowest BCUT2D eigenvalue weighted by Crippen LogP contribution is -2.15. The summed E-state index contributed by atoms with van der Waals surface area (Å²) in [5.41, 5.74) is 2.18. The van der Waals surface area contributed by atoms with E-state index in [2.05, 4.69) is 22.7 Å². The van der Waals surface area contributed by atoms with Crippen LogP contribution in [0.4, 0.5) is 5.69 Å². The smallest absolute Gasteiger partial charge is 0.277 e. The van der Waals surface area contributed by atoms with Gasteiger partial charge < -0.3 is 15.2 Å². The second-order valence-corrected chi connectivity index (χ2v) is 4.65. The van der Waals surface area contributed by atoms with Crippen molar-refractivity contribution in [1.82, 2.24) is 10.5 Å². The summed E-state index contributed by atoms with van der Waals surface area (Å²) in [6, 6.07) is 9.37. The first-order valence-electron chi connectivity index (χ1n) is 6.73. The minimum atomic E-state index is -0.263. The molecule has 2 N–H and O–H groups in total. The number of hydrogen-bond acceptors (Lipinski definition) is 4. The minimum absolute atomic E-state index is 0.263. The zero-order chi connectivity index (χ0) is 14.4. The lowest BCUT2D eigenvalue weighted by molar-refractivity contribution is 0.101. The number of nitrogens with one attached hydrogen (secondary N) is 2. The summed E-state index contributed by atoms with van der Waals surface area (Å²) in [6.07, 6.45) is 1.10. The van der Waals surface area contributed by atoms with Gasteiger partial charge >= 0.3 is 0 Å². The number of benzene rings is 1. The quantitative estimate of drug-likeness (QED) is 0.794. The van der Waals surface area contributed by atoms with E-state index >= 15 is 0 Å². The van der Waals surface area contributed by atoms with Gasteiger partial charge in [0.2, 0.25) is 0 Å². The fourth-order valence-electron chi connectivity index (χ4n) is 1.84. The van der Waals surface area contributed by atoms with Crippen molar-refractivity contribution in [3.63, 3.8) is 0 Å². The molecule has 1 aromatic carbocycles. The van der Waals surface area contributed by atoms with Crippen molar-refractivity contribution in [2.24, 2.45) is 0 Å². The Bertz CT molecular complexity index is 578. The number of hydrogen-bond donors (Lipinski definition) is 2. The molecule has 106 valence electrons. The molecule has 0 aliphatic heterocycles. The van der Waals surface area contributed by atoms with Gasteiger partial charge in [-0.2, -0.15) is 0 Å². The average molecular weight is 273 g/mol. The molecule has 0 aliphatic rings. The van der Waals surface area contributed by atoms with Gasteiger partial charge in [0.1, 0.15) is 5.76 Å². The Morgan fingerprint density at radius 2 is 2.20 bits per heavy atom. The van der Waals surface area contributed by atoms with Crippen LogP contribution in [0.3, 0.4) is 0 Å². The Hall–Kier alpha value is -2.14. The van der Waals surface area contributed by atoms with E-state index in [4.69, 9.17) is 4.52 Å². The number of aryl methyl sites for hydroxylation is 1. The molecule has 0 spiro atoms. The number of carbonyl (C=O) groups is 1. The molecule has 1 aromatic heterocycles. The Labute approximate surface area is 118 Å². The van der Waals surface area contributed by atoms with Gasteiger partial charge in [-0.25, -0.2) is 0 Å².